The molecular formula is C17H18N2O4. The van der Waals surface area contributed by atoms with Crippen molar-refractivity contribution in [3.05, 3.63) is 54.1 Å². The molecule has 0 amide bonds. The van der Waals surface area contributed by atoms with Crippen molar-refractivity contribution in [2.45, 2.75) is 31.9 Å². The van der Waals surface area contributed by atoms with Crippen LogP contribution in [-0.2, 0) is 14.3 Å². The molecule has 1 aromatic carbocycles. The molecule has 0 radical (unpaired) electrons. The molecule has 0 N–H and O–H groups in total. The molecule has 6 nitrogen and oxygen atoms in total. The van der Waals surface area contributed by atoms with Crippen LogP contribution in [0.3, 0.4) is 0 Å². The Morgan fingerprint density at radius 2 is 2.04 bits per heavy atom. The maximum absolute atomic E-state index is 12.2. The number of esters is 2. The number of hydrogen-bond donors (Lipinski definition) is 0. The average Bonchev–Trinajstić information content (AvgIpc) is 3.24. The number of carbonyl (C=O) groups is 2. The zero-order valence-electron chi connectivity index (χ0n) is 12.8. The summed E-state index contributed by atoms with van der Waals surface area (Å²) in [6.07, 6.45) is 4.80. The molecule has 1 aliphatic carbocycles. The van der Waals surface area contributed by atoms with Gasteiger partial charge in [0.1, 0.15) is 11.8 Å². The monoisotopic (exact) mass is 314 g/mol. The van der Waals surface area contributed by atoms with E-state index in [1.54, 1.807) is 10.9 Å². The summed E-state index contributed by atoms with van der Waals surface area (Å²) in [7, 11) is 0. The lowest BCUT2D eigenvalue weighted by Crippen LogP contribution is -2.20. The predicted molar refractivity (Wildman–Crippen MR) is 81.9 cm³/mol. The number of aromatic nitrogens is 2. The van der Waals surface area contributed by atoms with Crippen molar-refractivity contribution < 1.29 is 19.1 Å². The third-order valence-electron chi connectivity index (χ3n) is 3.72. The lowest BCUT2D eigenvalue weighted by Gasteiger charge is -2.16. The summed E-state index contributed by atoms with van der Waals surface area (Å²) in [5.41, 5.74) is 1.35. The van der Waals surface area contributed by atoms with Crippen LogP contribution in [0.1, 0.15) is 41.9 Å². The molecule has 1 aromatic heterocycles. The fourth-order valence-electron chi connectivity index (χ4n) is 2.27. The van der Waals surface area contributed by atoms with Gasteiger partial charge in [-0.1, -0.05) is 30.3 Å². The molecule has 0 aliphatic heterocycles. The molecule has 2 aromatic rings. The standard InChI is InChI=1S/C17H18N2O4/c1-12(13-5-3-2-4-6-13)19-11-18-9-15(19)17(21)22-10-16(20)23-14-7-8-14/h2-6,9,11-12,14H,7-8,10H2,1H3/t12-/m1/s1. The van der Waals surface area contributed by atoms with Crippen molar-refractivity contribution in [3.63, 3.8) is 0 Å². The second kappa shape index (κ2) is 6.64. The summed E-state index contributed by atoms with van der Waals surface area (Å²) in [5, 5.41) is 0. The third-order valence-corrected chi connectivity index (χ3v) is 3.72. The van der Waals surface area contributed by atoms with E-state index in [1.165, 1.54) is 6.20 Å². The molecule has 1 saturated carbocycles. The Kier molecular flexibility index (Phi) is 4.41. The van der Waals surface area contributed by atoms with E-state index < -0.39 is 11.9 Å². The van der Waals surface area contributed by atoms with Crippen molar-refractivity contribution >= 4 is 11.9 Å². The van der Waals surface area contributed by atoms with Crippen LogP contribution in [0, 0.1) is 0 Å². The number of ether oxygens (including phenoxy) is 2. The van der Waals surface area contributed by atoms with Crippen molar-refractivity contribution in [3.8, 4) is 0 Å². The Balaban J connectivity index is 1.65. The molecule has 6 heteroatoms. The smallest absolute Gasteiger partial charge is 0.357 e. The molecule has 1 heterocycles. The zero-order valence-corrected chi connectivity index (χ0v) is 12.8. The van der Waals surface area contributed by atoms with Gasteiger partial charge in [0, 0.05) is 0 Å². The van der Waals surface area contributed by atoms with Crippen LogP contribution in [0.4, 0.5) is 0 Å². The van der Waals surface area contributed by atoms with Crippen LogP contribution in [0.25, 0.3) is 0 Å². The van der Waals surface area contributed by atoms with E-state index in [4.69, 9.17) is 9.47 Å². The van der Waals surface area contributed by atoms with Gasteiger partial charge in [0.15, 0.2) is 6.61 Å². The fourth-order valence-corrected chi connectivity index (χ4v) is 2.27. The van der Waals surface area contributed by atoms with Gasteiger partial charge in [-0.2, -0.15) is 0 Å². The Hall–Kier alpha value is -2.63. The number of hydrogen-bond acceptors (Lipinski definition) is 5. The Labute approximate surface area is 134 Å². The number of nitrogens with zero attached hydrogens (tertiary/aromatic N) is 2. The Morgan fingerprint density at radius 1 is 1.30 bits per heavy atom. The van der Waals surface area contributed by atoms with Crippen molar-refractivity contribution in [1.82, 2.24) is 9.55 Å². The van der Waals surface area contributed by atoms with E-state index >= 15 is 0 Å². The topological polar surface area (TPSA) is 70.4 Å². The number of imidazole rings is 1. The molecule has 120 valence electrons. The molecule has 1 atom stereocenters. The quantitative estimate of drug-likeness (QED) is 0.766. The van der Waals surface area contributed by atoms with Crippen LogP contribution in [0.15, 0.2) is 42.9 Å². The van der Waals surface area contributed by atoms with Gasteiger partial charge in [-0.25, -0.2) is 14.6 Å². The number of carbonyl (C=O) groups excluding carboxylic acids is 2. The molecule has 23 heavy (non-hydrogen) atoms. The highest BCUT2D eigenvalue weighted by Gasteiger charge is 2.27. The largest absolute Gasteiger partial charge is 0.460 e. The molecule has 0 unspecified atom stereocenters. The minimum Gasteiger partial charge on any atom is -0.460 e. The molecule has 0 spiro atoms. The molecule has 0 saturated heterocycles. The molecule has 3 rings (SSSR count). The van der Waals surface area contributed by atoms with E-state index in [9.17, 15) is 9.59 Å². The first kappa shape index (κ1) is 15.3. The lowest BCUT2D eigenvalue weighted by atomic mass is 10.1. The van der Waals surface area contributed by atoms with Gasteiger partial charge in [-0.05, 0) is 25.3 Å². The van der Waals surface area contributed by atoms with Gasteiger partial charge in [-0.3, -0.25) is 0 Å². The summed E-state index contributed by atoms with van der Waals surface area (Å²) in [6, 6.07) is 9.70. The first-order chi connectivity index (χ1) is 11.1. The van der Waals surface area contributed by atoms with Gasteiger partial charge in [-0.15, -0.1) is 0 Å². The van der Waals surface area contributed by atoms with Crippen molar-refractivity contribution in [2.24, 2.45) is 0 Å². The number of benzene rings is 1. The normalized spacial score (nSPS) is 15.0. The summed E-state index contributed by atoms with van der Waals surface area (Å²) >= 11 is 0. The van der Waals surface area contributed by atoms with Gasteiger partial charge >= 0.3 is 11.9 Å². The fraction of sp³-hybridized carbons (Fsp3) is 0.353. The third kappa shape index (κ3) is 3.77. The van der Waals surface area contributed by atoms with Crippen LogP contribution in [0.2, 0.25) is 0 Å². The minimum absolute atomic E-state index is 0.00447. The molecule has 0 bridgehead atoms. The maximum Gasteiger partial charge on any atom is 0.357 e. The summed E-state index contributed by atoms with van der Waals surface area (Å²) < 4.78 is 11.8. The van der Waals surface area contributed by atoms with Gasteiger partial charge in [0.05, 0.1) is 18.6 Å². The zero-order chi connectivity index (χ0) is 16.2. The second-order valence-corrected chi connectivity index (χ2v) is 5.54. The summed E-state index contributed by atoms with van der Waals surface area (Å²) in [6.45, 7) is 1.59. The lowest BCUT2D eigenvalue weighted by molar-refractivity contribution is -0.148. The predicted octanol–water partition coefficient (Wildman–Crippen LogP) is 2.35. The molecular weight excluding hydrogens is 296 g/mol. The average molecular weight is 314 g/mol. The van der Waals surface area contributed by atoms with Crippen LogP contribution in [0.5, 0.6) is 0 Å². The van der Waals surface area contributed by atoms with Gasteiger partial charge in [0.25, 0.3) is 0 Å². The highest BCUT2D eigenvalue weighted by molar-refractivity contribution is 5.89. The van der Waals surface area contributed by atoms with E-state index in [1.807, 2.05) is 37.3 Å². The van der Waals surface area contributed by atoms with Crippen LogP contribution >= 0.6 is 0 Å². The highest BCUT2D eigenvalue weighted by atomic mass is 16.6. The van der Waals surface area contributed by atoms with E-state index in [2.05, 4.69) is 4.98 Å². The Bertz CT molecular complexity index is 692. The minimum atomic E-state index is -0.585. The highest BCUT2D eigenvalue weighted by Crippen LogP contribution is 2.23. The summed E-state index contributed by atoms with van der Waals surface area (Å²) in [4.78, 5) is 27.7. The SMILES string of the molecule is C[C@H](c1ccccc1)n1cncc1C(=O)OCC(=O)OC1CC1. The maximum atomic E-state index is 12.2. The van der Waals surface area contributed by atoms with E-state index in [0.717, 1.165) is 18.4 Å². The first-order valence-corrected chi connectivity index (χ1v) is 7.58. The van der Waals surface area contributed by atoms with Crippen LogP contribution in [-0.4, -0.2) is 34.2 Å². The van der Waals surface area contributed by atoms with E-state index in [0.29, 0.717) is 5.69 Å². The van der Waals surface area contributed by atoms with E-state index in [-0.39, 0.29) is 18.8 Å². The van der Waals surface area contributed by atoms with Gasteiger partial charge in [0.2, 0.25) is 0 Å². The van der Waals surface area contributed by atoms with Crippen molar-refractivity contribution in [1.29, 1.82) is 0 Å². The Morgan fingerprint density at radius 3 is 2.74 bits per heavy atom. The van der Waals surface area contributed by atoms with Crippen LogP contribution < -0.4 is 0 Å². The number of rotatable bonds is 6. The van der Waals surface area contributed by atoms with Crippen molar-refractivity contribution in [2.75, 3.05) is 6.61 Å². The van der Waals surface area contributed by atoms with Gasteiger partial charge < -0.3 is 14.0 Å². The molecule has 1 aliphatic rings. The summed E-state index contributed by atoms with van der Waals surface area (Å²) in [5.74, 6) is -1.10. The first-order valence-electron chi connectivity index (χ1n) is 7.58. The molecule has 1 fully saturated rings. The second-order valence-electron chi connectivity index (χ2n) is 5.54.